The third-order valence-electron chi connectivity index (χ3n) is 4.24. The fraction of sp³-hybridized carbons (Fsp3) is 0.647. The van der Waals surface area contributed by atoms with Gasteiger partial charge in [0.05, 0.1) is 11.4 Å². The lowest BCUT2D eigenvalue weighted by Gasteiger charge is -2.19. The Morgan fingerprint density at radius 2 is 2.14 bits per heavy atom. The molecule has 0 aliphatic carbocycles. The minimum absolute atomic E-state index is 0.0852. The van der Waals surface area contributed by atoms with Gasteiger partial charge in [-0.2, -0.15) is 0 Å². The fourth-order valence-corrected chi connectivity index (χ4v) is 3.80. The van der Waals surface area contributed by atoms with E-state index in [4.69, 9.17) is 0 Å². The highest BCUT2D eigenvalue weighted by Gasteiger charge is 2.24. The molecule has 1 aromatic rings. The summed E-state index contributed by atoms with van der Waals surface area (Å²) in [6.45, 7) is 5.27. The highest BCUT2D eigenvalue weighted by Crippen LogP contribution is 2.23. The molecular formula is C17H25NO2S. The van der Waals surface area contributed by atoms with Crippen LogP contribution in [0.3, 0.4) is 0 Å². The van der Waals surface area contributed by atoms with Crippen LogP contribution in [0.15, 0.2) is 12.1 Å². The molecule has 0 saturated carbocycles. The van der Waals surface area contributed by atoms with Crippen molar-refractivity contribution in [3.05, 3.63) is 21.9 Å². The van der Waals surface area contributed by atoms with Crippen molar-refractivity contribution in [2.75, 3.05) is 13.1 Å². The van der Waals surface area contributed by atoms with Crippen LogP contribution in [0.2, 0.25) is 0 Å². The van der Waals surface area contributed by atoms with E-state index >= 15 is 0 Å². The maximum atomic E-state index is 12.3. The van der Waals surface area contributed by atoms with Crippen LogP contribution in [-0.2, 0) is 11.2 Å². The molecular weight excluding hydrogens is 282 g/mol. The summed E-state index contributed by atoms with van der Waals surface area (Å²) in [6, 6.07) is 3.91. The molecule has 1 aliphatic heterocycles. The molecule has 116 valence electrons. The summed E-state index contributed by atoms with van der Waals surface area (Å²) in [5, 5.41) is 0. The first-order chi connectivity index (χ1) is 10.1. The first-order valence-corrected chi connectivity index (χ1v) is 8.85. The lowest BCUT2D eigenvalue weighted by molar-refractivity contribution is -0.130. The minimum atomic E-state index is 0.0852. The molecule has 21 heavy (non-hydrogen) atoms. The molecule has 1 aliphatic rings. The van der Waals surface area contributed by atoms with Crippen LogP contribution >= 0.6 is 11.3 Å². The van der Waals surface area contributed by atoms with Gasteiger partial charge in [-0.3, -0.25) is 9.59 Å². The van der Waals surface area contributed by atoms with Crippen LogP contribution in [0.5, 0.6) is 0 Å². The summed E-state index contributed by atoms with van der Waals surface area (Å²) in [4.78, 5) is 28.3. The number of Topliss-reactive ketones (excluding diaryl/α,β-unsaturated/α-hetero) is 1. The van der Waals surface area contributed by atoms with Gasteiger partial charge in [0.15, 0.2) is 5.78 Å². The lowest BCUT2D eigenvalue weighted by atomic mass is 9.96. The Bertz CT molecular complexity index is 495. The molecule has 0 bridgehead atoms. The average molecular weight is 307 g/mol. The zero-order valence-electron chi connectivity index (χ0n) is 13.1. The number of aryl methyl sites for hydroxylation is 1. The SMILES string of the molecule is CCCC1CCC(=O)N(CC(=O)c2ccc(CC)s2)CC1. The average Bonchev–Trinajstić information content (AvgIpc) is 2.90. The van der Waals surface area contributed by atoms with Crippen LogP contribution < -0.4 is 0 Å². The largest absolute Gasteiger partial charge is 0.335 e. The van der Waals surface area contributed by atoms with Crippen molar-refractivity contribution in [1.29, 1.82) is 0 Å². The van der Waals surface area contributed by atoms with Gasteiger partial charge < -0.3 is 4.90 Å². The van der Waals surface area contributed by atoms with Crippen molar-refractivity contribution in [3.8, 4) is 0 Å². The van der Waals surface area contributed by atoms with Gasteiger partial charge in [0.2, 0.25) is 5.91 Å². The number of thiophene rings is 1. The lowest BCUT2D eigenvalue weighted by Crippen LogP contribution is -2.35. The number of carbonyl (C=O) groups excluding carboxylic acids is 2. The maximum Gasteiger partial charge on any atom is 0.222 e. The molecule has 0 radical (unpaired) electrons. The summed E-state index contributed by atoms with van der Waals surface area (Å²) < 4.78 is 0. The van der Waals surface area contributed by atoms with E-state index in [2.05, 4.69) is 13.8 Å². The van der Waals surface area contributed by atoms with Gasteiger partial charge in [0, 0.05) is 17.8 Å². The van der Waals surface area contributed by atoms with Crippen molar-refractivity contribution >= 4 is 23.0 Å². The highest BCUT2D eigenvalue weighted by molar-refractivity contribution is 7.14. The fourth-order valence-electron chi connectivity index (χ4n) is 2.93. The van der Waals surface area contributed by atoms with Gasteiger partial charge in [-0.05, 0) is 37.3 Å². The maximum absolute atomic E-state index is 12.3. The number of hydrogen-bond acceptors (Lipinski definition) is 3. The van der Waals surface area contributed by atoms with Gasteiger partial charge in [-0.15, -0.1) is 11.3 Å². The van der Waals surface area contributed by atoms with Crippen LogP contribution in [0.4, 0.5) is 0 Å². The molecule has 0 aromatic carbocycles. The van der Waals surface area contributed by atoms with Crippen LogP contribution in [0.1, 0.15) is 60.5 Å². The van der Waals surface area contributed by atoms with E-state index in [1.54, 1.807) is 16.2 Å². The Labute approximate surface area is 131 Å². The summed E-state index contributed by atoms with van der Waals surface area (Å²) in [6.07, 6.45) is 5.95. The van der Waals surface area contributed by atoms with Crippen LogP contribution in [-0.4, -0.2) is 29.7 Å². The third kappa shape index (κ3) is 4.40. The van der Waals surface area contributed by atoms with E-state index in [1.165, 1.54) is 17.7 Å². The van der Waals surface area contributed by atoms with Gasteiger partial charge in [0.1, 0.15) is 0 Å². The van der Waals surface area contributed by atoms with E-state index in [0.29, 0.717) is 12.3 Å². The molecule has 1 unspecified atom stereocenters. The predicted molar refractivity (Wildman–Crippen MR) is 86.9 cm³/mol. The molecule has 1 fully saturated rings. The summed E-state index contributed by atoms with van der Waals surface area (Å²) in [5.74, 6) is 0.878. The van der Waals surface area contributed by atoms with Crippen molar-refractivity contribution in [3.63, 3.8) is 0 Å². The number of rotatable bonds is 6. The Kier molecular flexibility index (Phi) is 5.97. The number of likely N-dealkylation sites (tertiary alicyclic amines) is 1. The predicted octanol–water partition coefficient (Wildman–Crippen LogP) is 3.92. The molecule has 1 saturated heterocycles. The van der Waals surface area contributed by atoms with Gasteiger partial charge in [-0.1, -0.05) is 26.7 Å². The van der Waals surface area contributed by atoms with E-state index in [-0.39, 0.29) is 18.2 Å². The molecule has 1 aromatic heterocycles. The summed E-state index contributed by atoms with van der Waals surface area (Å²) in [5.41, 5.74) is 0. The summed E-state index contributed by atoms with van der Waals surface area (Å²) >= 11 is 1.56. The van der Waals surface area contributed by atoms with Crippen molar-refractivity contribution in [2.24, 2.45) is 5.92 Å². The van der Waals surface area contributed by atoms with Crippen LogP contribution in [0, 0.1) is 5.92 Å². The van der Waals surface area contributed by atoms with Crippen LogP contribution in [0.25, 0.3) is 0 Å². The van der Waals surface area contributed by atoms with Gasteiger partial charge in [0.25, 0.3) is 0 Å². The smallest absolute Gasteiger partial charge is 0.222 e. The van der Waals surface area contributed by atoms with Gasteiger partial charge in [-0.25, -0.2) is 0 Å². The number of amides is 1. The van der Waals surface area contributed by atoms with Crippen molar-refractivity contribution in [2.45, 2.75) is 52.4 Å². The second kappa shape index (κ2) is 7.74. The Morgan fingerprint density at radius 1 is 1.33 bits per heavy atom. The quantitative estimate of drug-likeness (QED) is 0.747. The molecule has 2 rings (SSSR count). The molecule has 2 heterocycles. The van der Waals surface area contributed by atoms with Crippen molar-refractivity contribution < 1.29 is 9.59 Å². The molecule has 0 N–H and O–H groups in total. The van der Waals surface area contributed by atoms with E-state index in [1.807, 2.05) is 12.1 Å². The first kappa shape index (κ1) is 16.2. The number of carbonyl (C=O) groups is 2. The second-order valence-corrected chi connectivity index (χ2v) is 7.01. The summed E-state index contributed by atoms with van der Waals surface area (Å²) in [7, 11) is 0. The molecule has 1 atom stereocenters. The topological polar surface area (TPSA) is 37.4 Å². The van der Waals surface area contributed by atoms with E-state index in [0.717, 1.165) is 30.7 Å². The number of hydrogen-bond donors (Lipinski definition) is 0. The zero-order chi connectivity index (χ0) is 15.2. The van der Waals surface area contributed by atoms with E-state index < -0.39 is 0 Å². The minimum Gasteiger partial charge on any atom is -0.335 e. The second-order valence-electron chi connectivity index (χ2n) is 5.84. The molecule has 1 amide bonds. The molecule has 0 spiro atoms. The van der Waals surface area contributed by atoms with E-state index in [9.17, 15) is 9.59 Å². The number of ketones is 1. The zero-order valence-corrected chi connectivity index (χ0v) is 13.9. The monoisotopic (exact) mass is 307 g/mol. The van der Waals surface area contributed by atoms with Crippen molar-refractivity contribution in [1.82, 2.24) is 4.90 Å². The standard InChI is InChI=1S/C17H25NO2S/c1-3-5-13-6-9-17(20)18(11-10-13)12-15(19)16-8-7-14(4-2)21-16/h7-8,13H,3-6,9-12H2,1-2H3. The Morgan fingerprint density at radius 3 is 2.81 bits per heavy atom. The normalized spacial score (nSPS) is 19.6. The van der Waals surface area contributed by atoms with Gasteiger partial charge >= 0.3 is 0 Å². The Balaban J connectivity index is 1.94. The highest BCUT2D eigenvalue weighted by atomic mass is 32.1. The molecule has 4 heteroatoms. The Hall–Kier alpha value is -1.16. The molecule has 3 nitrogen and oxygen atoms in total. The number of nitrogens with zero attached hydrogens (tertiary/aromatic N) is 1. The third-order valence-corrected chi connectivity index (χ3v) is 5.51. The first-order valence-electron chi connectivity index (χ1n) is 8.03.